The molecule has 0 atom stereocenters. The summed E-state index contributed by atoms with van der Waals surface area (Å²) < 4.78 is 24.6. The SMILES string of the molecule is CN(CCO)S(=O)(=O)Cc1ccccc1. The van der Waals surface area contributed by atoms with Gasteiger partial charge in [-0.1, -0.05) is 30.3 Å². The Hall–Kier alpha value is -0.910. The zero-order valence-corrected chi connectivity index (χ0v) is 9.44. The fourth-order valence-electron chi connectivity index (χ4n) is 1.17. The number of benzene rings is 1. The molecule has 1 N–H and O–H groups in total. The number of rotatable bonds is 5. The Balaban J connectivity index is 2.73. The molecule has 0 saturated carbocycles. The first-order chi connectivity index (χ1) is 7.06. The summed E-state index contributed by atoms with van der Waals surface area (Å²) in [6, 6.07) is 8.98. The van der Waals surface area contributed by atoms with Gasteiger partial charge in [-0.15, -0.1) is 0 Å². The van der Waals surface area contributed by atoms with Crippen molar-refractivity contribution in [2.24, 2.45) is 0 Å². The molecule has 0 heterocycles. The molecule has 5 heteroatoms. The molecule has 1 rings (SSSR count). The van der Waals surface area contributed by atoms with Gasteiger partial charge in [0.05, 0.1) is 12.4 Å². The maximum absolute atomic E-state index is 11.7. The molecule has 0 aromatic heterocycles. The van der Waals surface area contributed by atoms with Crippen molar-refractivity contribution in [3.05, 3.63) is 35.9 Å². The molecule has 0 radical (unpaired) electrons. The van der Waals surface area contributed by atoms with Gasteiger partial charge in [-0.05, 0) is 5.56 Å². The van der Waals surface area contributed by atoms with Crippen molar-refractivity contribution in [1.29, 1.82) is 0 Å². The maximum Gasteiger partial charge on any atom is 0.218 e. The lowest BCUT2D eigenvalue weighted by Crippen LogP contribution is -2.30. The maximum atomic E-state index is 11.7. The summed E-state index contributed by atoms with van der Waals surface area (Å²) in [6.07, 6.45) is 0. The lowest BCUT2D eigenvalue weighted by molar-refractivity contribution is 0.266. The van der Waals surface area contributed by atoms with Crippen LogP contribution in [0.25, 0.3) is 0 Å². The van der Waals surface area contributed by atoms with Gasteiger partial charge in [-0.25, -0.2) is 12.7 Å². The highest BCUT2D eigenvalue weighted by Gasteiger charge is 2.17. The molecule has 0 saturated heterocycles. The highest BCUT2D eigenvalue weighted by molar-refractivity contribution is 7.88. The van der Waals surface area contributed by atoms with Crippen LogP contribution in [0.1, 0.15) is 5.56 Å². The monoisotopic (exact) mass is 229 g/mol. The number of aliphatic hydroxyl groups excluding tert-OH is 1. The van der Waals surface area contributed by atoms with Crippen LogP contribution in [0.5, 0.6) is 0 Å². The number of nitrogens with zero attached hydrogens (tertiary/aromatic N) is 1. The normalized spacial score (nSPS) is 11.9. The highest BCUT2D eigenvalue weighted by atomic mass is 32.2. The summed E-state index contributed by atoms with van der Waals surface area (Å²) in [5.41, 5.74) is 0.752. The highest BCUT2D eigenvalue weighted by Crippen LogP contribution is 2.08. The van der Waals surface area contributed by atoms with E-state index < -0.39 is 10.0 Å². The molecule has 84 valence electrons. The van der Waals surface area contributed by atoms with Crippen LogP contribution in [-0.2, 0) is 15.8 Å². The Morgan fingerprint density at radius 1 is 1.27 bits per heavy atom. The molecule has 0 amide bonds. The lowest BCUT2D eigenvalue weighted by Gasteiger charge is -2.15. The van der Waals surface area contributed by atoms with E-state index in [2.05, 4.69) is 0 Å². The van der Waals surface area contributed by atoms with Gasteiger partial charge in [0.2, 0.25) is 10.0 Å². The molecular weight excluding hydrogens is 214 g/mol. The summed E-state index contributed by atoms with van der Waals surface area (Å²) >= 11 is 0. The molecular formula is C10H15NO3S. The van der Waals surface area contributed by atoms with E-state index in [1.807, 2.05) is 6.07 Å². The van der Waals surface area contributed by atoms with Gasteiger partial charge in [0.25, 0.3) is 0 Å². The molecule has 1 aromatic carbocycles. The van der Waals surface area contributed by atoms with Crippen molar-refractivity contribution in [1.82, 2.24) is 4.31 Å². The standard InChI is InChI=1S/C10H15NO3S/c1-11(7-8-12)15(13,14)9-10-5-3-2-4-6-10/h2-6,12H,7-9H2,1H3. The van der Waals surface area contributed by atoms with Crippen LogP contribution in [0.2, 0.25) is 0 Å². The van der Waals surface area contributed by atoms with E-state index in [1.54, 1.807) is 24.3 Å². The molecule has 0 fully saturated rings. The third-order valence-corrected chi connectivity index (χ3v) is 3.91. The van der Waals surface area contributed by atoms with Crippen LogP contribution in [0.4, 0.5) is 0 Å². The third kappa shape index (κ3) is 3.62. The number of hydrogen-bond donors (Lipinski definition) is 1. The first-order valence-corrected chi connectivity index (χ1v) is 6.26. The summed E-state index contributed by atoms with van der Waals surface area (Å²) in [5.74, 6) is -0.0235. The molecule has 1 aromatic rings. The molecule has 0 unspecified atom stereocenters. The molecule has 15 heavy (non-hydrogen) atoms. The molecule has 0 bridgehead atoms. The number of sulfonamides is 1. The summed E-state index contributed by atoms with van der Waals surface area (Å²) in [5, 5.41) is 8.66. The van der Waals surface area contributed by atoms with E-state index in [1.165, 1.54) is 11.4 Å². The van der Waals surface area contributed by atoms with Gasteiger partial charge in [0.1, 0.15) is 0 Å². The first kappa shape index (κ1) is 12.2. The Morgan fingerprint density at radius 2 is 1.87 bits per heavy atom. The Kier molecular flexibility index (Phi) is 4.26. The van der Waals surface area contributed by atoms with E-state index in [9.17, 15) is 8.42 Å². The van der Waals surface area contributed by atoms with E-state index in [0.717, 1.165) is 5.56 Å². The van der Waals surface area contributed by atoms with Gasteiger partial charge in [-0.3, -0.25) is 0 Å². The summed E-state index contributed by atoms with van der Waals surface area (Å²) in [4.78, 5) is 0. The van der Waals surface area contributed by atoms with Gasteiger partial charge in [0, 0.05) is 13.6 Å². The minimum atomic E-state index is -3.30. The molecule has 0 aliphatic heterocycles. The van der Waals surface area contributed by atoms with Crippen LogP contribution in [0, 0.1) is 0 Å². The van der Waals surface area contributed by atoms with Crippen molar-refractivity contribution < 1.29 is 13.5 Å². The predicted octanol–water partition coefficient (Wildman–Crippen LogP) is 0.440. The van der Waals surface area contributed by atoms with E-state index in [4.69, 9.17) is 5.11 Å². The van der Waals surface area contributed by atoms with Crippen LogP contribution < -0.4 is 0 Å². The zero-order chi connectivity index (χ0) is 11.3. The smallest absolute Gasteiger partial charge is 0.218 e. The van der Waals surface area contributed by atoms with Crippen molar-refractivity contribution in [2.75, 3.05) is 20.2 Å². The Labute approximate surface area is 90.2 Å². The minimum Gasteiger partial charge on any atom is -0.395 e. The fourth-order valence-corrected chi connectivity index (χ4v) is 2.37. The van der Waals surface area contributed by atoms with Gasteiger partial charge >= 0.3 is 0 Å². The molecule has 0 aliphatic carbocycles. The quantitative estimate of drug-likeness (QED) is 0.797. The van der Waals surface area contributed by atoms with Gasteiger partial charge in [0.15, 0.2) is 0 Å². The number of likely N-dealkylation sites (N-methyl/N-ethyl adjacent to an activating group) is 1. The molecule has 0 aliphatic rings. The third-order valence-electron chi connectivity index (χ3n) is 2.08. The topological polar surface area (TPSA) is 57.6 Å². The zero-order valence-electron chi connectivity index (χ0n) is 8.63. The van der Waals surface area contributed by atoms with Crippen LogP contribution in [-0.4, -0.2) is 38.0 Å². The van der Waals surface area contributed by atoms with E-state index >= 15 is 0 Å². The van der Waals surface area contributed by atoms with Crippen LogP contribution in [0.15, 0.2) is 30.3 Å². The fraction of sp³-hybridized carbons (Fsp3) is 0.400. The Bertz CT molecular complexity index is 388. The van der Waals surface area contributed by atoms with E-state index in [-0.39, 0.29) is 18.9 Å². The van der Waals surface area contributed by atoms with Gasteiger partial charge < -0.3 is 5.11 Å². The predicted molar refractivity (Wildman–Crippen MR) is 58.8 cm³/mol. The second-order valence-corrected chi connectivity index (χ2v) is 5.36. The van der Waals surface area contributed by atoms with Gasteiger partial charge in [-0.2, -0.15) is 0 Å². The second kappa shape index (κ2) is 5.25. The average Bonchev–Trinajstić information content (AvgIpc) is 2.19. The van der Waals surface area contributed by atoms with Crippen molar-refractivity contribution in [2.45, 2.75) is 5.75 Å². The first-order valence-electron chi connectivity index (χ1n) is 4.65. The Morgan fingerprint density at radius 3 is 2.40 bits per heavy atom. The largest absolute Gasteiger partial charge is 0.395 e. The van der Waals surface area contributed by atoms with Crippen molar-refractivity contribution in [3.63, 3.8) is 0 Å². The number of aliphatic hydroxyl groups is 1. The van der Waals surface area contributed by atoms with Crippen LogP contribution >= 0.6 is 0 Å². The van der Waals surface area contributed by atoms with Crippen LogP contribution in [0.3, 0.4) is 0 Å². The second-order valence-electron chi connectivity index (χ2n) is 3.29. The summed E-state index contributed by atoms with van der Waals surface area (Å²) in [7, 11) is -1.84. The van der Waals surface area contributed by atoms with Crippen molar-refractivity contribution >= 4 is 10.0 Å². The lowest BCUT2D eigenvalue weighted by atomic mass is 10.2. The minimum absolute atomic E-state index is 0.0235. The summed E-state index contributed by atoms with van der Waals surface area (Å²) in [6.45, 7) is -0.0281. The number of hydrogen-bond acceptors (Lipinski definition) is 3. The molecule has 4 nitrogen and oxygen atoms in total. The molecule has 0 spiro atoms. The van der Waals surface area contributed by atoms with Crippen molar-refractivity contribution in [3.8, 4) is 0 Å². The average molecular weight is 229 g/mol. The van der Waals surface area contributed by atoms with E-state index in [0.29, 0.717) is 0 Å².